The van der Waals surface area contributed by atoms with Crippen molar-refractivity contribution in [2.45, 2.75) is 13.5 Å². The minimum atomic E-state index is 0.331. The van der Waals surface area contributed by atoms with E-state index in [1.165, 1.54) is 5.56 Å². The largest absolute Gasteiger partial charge is 0.454 e. The highest BCUT2D eigenvalue weighted by Crippen LogP contribution is 2.32. The van der Waals surface area contributed by atoms with E-state index in [4.69, 9.17) is 9.47 Å². The Balaban J connectivity index is 1.44. The first kappa shape index (κ1) is 18.8. The van der Waals surface area contributed by atoms with E-state index in [0.717, 1.165) is 69.8 Å². The maximum atomic E-state index is 5.48. The molecule has 0 saturated carbocycles. The average molecular weight is 361 g/mol. The lowest BCUT2D eigenvalue weighted by Gasteiger charge is -2.36. The van der Waals surface area contributed by atoms with Gasteiger partial charge in [0.1, 0.15) is 0 Å². The summed E-state index contributed by atoms with van der Waals surface area (Å²) < 4.78 is 10.9. The van der Waals surface area contributed by atoms with Crippen molar-refractivity contribution in [3.8, 4) is 11.5 Å². The predicted molar refractivity (Wildman–Crippen MR) is 104 cm³/mol. The quantitative estimate of drug-likeness (QED) is 0.604. The summed E-state index contributed by atoms with van der Waals surface area (Å²) in [5.74, 6) is 2.72. The lowest BCUT2D eigenvalue weighted by molar-refractivity contribution is 0.171. The van der Waals surface area contributed by atoms with Crippen LogP contribution in [0.3, 0.4) is 0 Å². The highest BCUT2D eigenvalue weighted by molar-refractivity contribution is 5.80. The standard InChI is InChI=1S/C19H31N5O2/c1-4-22(3)8-7-21-19(20-2)24-11-9-23(10-12-24)14-16-5-6-17-18(13-16)26-15-25-17/h5-6,13H,4,7-12,14-15H2,1-3H3,(H,20,21). The number of fused-ring (bicyclic) bond motifs is 1. The lowest BCUT2D eigenvalue weighted by Crippen LogP contribution is -2.52. The van der Waals surface area contributed by atoms with Gasteiger partial charge >= 0.3 is 0 Å². The Bertz CT molecular complexity index is 614. The lowest BCUT2D eigenvalue weighted by atomic mass is 10.1. The number of hydrogen-bond acceptors (Lipinski definition) is 5. The van der Waals surface area contributed by atoms with E-state index in [2.05, 4.69) is 51.1 Å². The first-order valence-corrected chi connectivity index (χ1v) is 9.44. The van der Waals surface area contributed by atoms with Gasteiger partial charge in [-0.25, -0.2) is 0 Å². The van der Waals surface area contributed by atoms with E-state index in [9.17, 15) is 0 Å². The molecule has 2 aliphatic heterocycles. The smallest absolute Gasteiger partial charge is 0.231 e. The van der Waals surface area contributed by atoms with Gasteiger partial charge in [0, 0.05) is 52.9 Å². The van der Waals surface area contributed by atoms with Crippen molar-refractivity contribution in [1.82, 2.24) is 20.0 Å². The molecule has 3 rings (SSSR count). The average Bonchev–Trinajstić information content (AvgIpc) is 3.13. The summed E-state index contributed by atoms with van der Waals surface area (Å²) in [5.41, 5.74) is 1.27. The zero-order valence-corrected chi connectivity index (χ0v) is 16.2. The number of nitrogens with one attached hydrogen (secondary N) is 1. The first-order valence-electron chi connectivity index (χ1n) is 9.44. The number of guanidine groups is 1. The van der Waals surface area contributed by atoms with Gasteiger partial charge < -0.3 is 24.6 Å². The number of hydrogen-bond donors (Lipinski definition) is 1. The van der Waals surface area contributed by atoms with Crippen LogP contribution in [0.15, 0.2) is 23.2 Å². The van der Waals surface area contributed by atoms with E-state index in [-0.39, 0.29) is 0 Å². The van der Waals surface area contributed by atoms with Crippen molar-refractivity contribution in [2.24, 2.45) is 4.99 Å². The number of likely N-dealkylation sites (N-methyl/N-ethyl adjacent to an activating group) is 1. The molecule has 0 spiro atoms. The van der Waals surface area contributed by atoms with Crippen molar-refractivity contribution >= 4 is 5.96 Å². The van der Waals surface area contributed by atoms with Crippen LogP contribution in [0.2, 0.25) is 0 Å². The summed E-state index contributed by atoms with van der Waals surface area (Å²) in [6, 6.07) is 6.23. The molecule has 2 heterocycles. The second-order valence-corrected chi connectivity index (χ2v) is 6.82. The molecule has 0 radical (unpaired) electrons. The molecular formula is C19H31N5O2. The van der Waals surface area contributed by atoms with Crippen molar-refractivity contribution in [1.29, 1.82) is 0 Å². The van der Waals surface area contributed by atoms with Crippen LogP contribution >= 0.6 is 0 Å². The predicted octanol–water partition coefficient (Wildman–Crippen LogP) is 1.06. The molecule has 26 heavy (non-hydrogen) atoms. The second-order valence-electron chi connectivity index (χ2n) is 6.82. The molecular weight excluding hydrogens is 330 g/mol. The van der Waals surface area contributed by atoms with Gasteiger partial charge in [0.25, 0.3) is 0 Å². The third kappa shape index (κ3) is 4.80. The van der Waals surface area contributed by atoms with Gasteiger partial charge in [0.05, 0.1) is 0 Å². The van der Waals surface area contributed by atoms with Gasteiger partial charge in [-0.1, -0.05) is 13.0 Å². The van der Waals surface area contributed by atoms with Crippen LogP contribution in [0.25, 0.3) is 0 Å². The number of benzene rings is 1. The van der Waals surface area contributed by atoms with Crippen LogP contribution < -0.4 is 14.8 Å². The van der Waals surface area contributed by atoms with Crippen molar-refractivity contribution < 1.29 is 9.47 Å². The zero-order chi connectivity index (χ0) is 18.4. The minimum absolute atomic E-state index is 0.331. The van der Waals surface area contributed by atoms with Crippen LogP contribution in [0.5, 0.6) is 11.5 Å². The van der Waals surface area contributed by atoms with Gasteiger partial charge in [0.2, 0.25) is 6.79 Å². The molecule has 2 aliphatic rings. The fraction of sp³-hybridized carbons (Fsp3) is 0.632. The van der Waals surface area contributed by atoms with Crippen LogP contribution in [-0.4, -0.2) is 87.4 Å². The van der Waals surface area contributed by atoms with Gasteiger partial charge in [-0.3, -0.25) is 9.89 Å². The van der Waals surface area contributed by atoms with Crippen LogP contribution in [0.1, 0.15) is 12.5 Å². The summed E-state index contributed by atoms with van der Waals surface area (Å²) in [7, 11) is 4.00. The molecule has 7 heteroatoms. The normalized spacial score (nSPS) is 17.8. The van der Waals surface area contributed by atoms with Gasteiger partial charge in [0.15, 0.2) is 17.5 Å². The van der Waals surface area contributed by atoms with E-state index >= 15 is 0 Å². The maximum absolute atomic E-state index is 5.48. The van der Waals surface area contributed by atoms with E-state index in [1.807, 2.05) is 13.1 Å². The van der Waals surface area contributed by atoms with Crippen molar-refractivity contribution in [3.63, 3.8) is 0 Å². The summed E-state index contributed by atoms with van der Waals surface area (Å²) in [6.45, 7) is 10.5. The van der Waals surface area contributed by atoms with E-state index < -0.39 is 0 Å². The molecule has 1 aromatic rings. The molecule has 7 nitrogen and oxygen atoms in total. The molecule has 0 amide bonds. The minimum Gasteiger partial charge on any atom is -0.454 e. The molecule has 0 atom stereocenters. The third-order valence-corrected chi connectivity index (χ3v) is 5.04. The summed E-state index contributed by atoms with van der Waals surface area (Å²) in [6.07, 6.45) is 0. The Kier molecular flexibility index (Phi) is 6.57. The maximum Gasteiger partial charge on any atom is 0.231 e. The Hall–Kier alpha value is -1.99. The SMILES string of the molecule is CCN(C)CCNC(=NC)N1CCN(Cc2ccc3c(c2)OCO3)CC1. The highest BCUT2D eigenvalue weighted by Gasteiger charge is 2.20. The Morgan fingerprint density at radius 1 is 1.19 bits per heavy atom. The number of piperazine rings is 1. The first-order chi connectivity index (χ1) is 12.7. The molecule has 0 aromatic heterocycles. The molecule has 0 aliphatic carbocycles. The molecule has 1 aromatic carbocycles. The van der Waals surface area contributed by atoms with Crippen LogP contribution in [0.4, 0.5) is 0 Å². The Morgan fingerprint density at radius 3 is 2.69 bits per heavy atom. The number of ether oxygens (including phenoxy) is 2. The van der Waals surface area contributed by atoms with Gasteiger partial charge in [-0.15, -0.1) is 0 Å². The van der Waals surface area contributed by atoms with E-state index in [1.54, 1.807) is 0 Å². The summed E-state index contributed by atoms with van der Waals surface area (Å²) in [5, 5.41) is 3.48. The summed E-state index contributed by atoms with van der Waals surface area (Å²) >= 11 is 0. The Morgan fingerprint density at radius 2 is 1.96 bits per heavy atom. The summed E-state index contributed by atoms with van der Waals surface area (Å²) in [4.78, 5) is 11.6. The molecule has 1 saturated heterocycles. The van der Waals surface area contributed by atoms with E-state index in [0.29, 0.717) is 6.79 Å². The molecule has 0 unspecified atom stereocenters. The zero-order valence-electron chi connectivity index (χ0n) is 16.2. The Labute approximate surface area is 156 Å². The molecule has 1 N–H and O–H groups in total. The van der Waals surface area contributed by atoms with Crippen LogP contribution in [-0.2, 0) is 6.54 Å². The number of aliphatic imine (C=N–C) groups is 1. The molecule has 1 fully saturated rings. The van der Waals surface area contributed by atoms with Crippen LogP contribution in [0, 0.1) is 0 Å². The fourth-order valence-corrected chi connectivity index (χ4v) is 3.26. The van der Waals surface area contributed by atoms with Crippen molar-refractivity contribution in [3.05, 3.63) is 23.8 Å². The van der Waals surface area contributed by atoms with Crippen molar-refractivity contribution in [2.75, 3.05) is 66.7 Å². The van der Waals surface area contributed by atoms with Gasteiger partial charge in [-0.05, 0) is 31.3 Å². The monoisotopic (exact) mass is 361 g/mol. The van der Waals surface area contributed by atoms with Gasteiger partial charge in [-0.2, -0.15) is 0 Å². The second kappa shape index (κ2) is 9.09. The third-order valence-electron chi connectivity index (χ3n) is 5.04. The highest BCUT2D eigenvalue weighted by atomic mass is 16.7. The molecule has 144 valence electrons. The number of nitrogens with zero attached hydrogens (tertiary/aromatic N) is 4. The fourth-order valence-electron chi connectivity index (χ4n) is 3.26. The number of rotatable bonds is 6. The topological polar surface area (TPSA) is 52.6 Å². The molecule has 0 bridgehead atoms.